The smallest absolute Gasteiger partial charge is 0.233 e. The number of nitrogens with one attached hydrogen (secondary N) is 2. The van der Waals surface area contributed by atoms with Crippen molar-refractivity contribution in [2.75, 3.05) is 15.8 Å². The fourth-order valence-electron chi connectivity index (χ4n) is 1.88. The Morgan fingerprint density at radius 1 is 1.23 bits per heavy atom. The Balaban J connectivity index is 2.09. The number of anilines is 3. The van der Waals surface area contributed by atoms with E-state index >= 15 is 0 Å². The van der Waals surface area contributed by atoms with Crippen LogP contribution in [0.1, 0.15) is 18.9 Å². The molecule has 0 spiro atoms. The number of benzene rings is 1. The first-order chi connectivity index (χ1) is 10.4. The number of hydrogen-bond acceptors (Lipinski definition) is 4. The second-order valence-electron chi connectivity index (χ2n) is 4.96. The molecule has 0 saturated heterocycles. The number of aromatic nitrogens is 1. The maximum Gasteiger partial charge on any atom is 0.233 e. The Morgan fingerprint density at radius 3 is 2.59 bits per heavy atom. The summed E-state index contributed by atoms with van der Waals surface area (Å²) in [6, 6.07) is 9.41. The molecule has 0 bridgehead atoms. The summed E-state index contributed by atoms with van der Waals surface area (Å²) < 4.78 is 26.8. The Hall–Kier alpha value is -1.60. The Labute approximate surface area is 139 Å². The maximum absolute atomic E-state index is 11.7. The van der Waals surface area contributed by atoms with Crippen LogP contribution in [0, 0.1) is 6.92 Å². The standard InChI is InChI=1S/C15H18BrN3O2S/c1-3-8-22(20,21)19-15-7-5-12(10-17-15)18-14-6-4-11(2)9-13(14)16/h4-7,9-10,18H,3,8H2,1-2H3,(H,17,19). The number of rotatable bonds is 6. The first kappa shape index (κ1) is 16.8. The van der Waals surface area contributed by atoms with Crippen molar-refractivity contribution in [3.63, 3.8) is 0 Å². The lowest BCUT2D eigenvalue weighted by Crippen LogP contribution is -2.16. The SMILES string of the molecule is CCCS(=O)(=O)Nc1ccc(Nc2ccc(C)cc2Br)cn1. The summed E-state index contributed by atoms with van der Waals surface area (Å²) in [5, 5.41) is 3.23. The quantitative estimate of drug-likeness (QED) is 0.788. The number of pyridine rings is 1. The summed E-state index contributed by atoms with van der Waals surface area (Å²) in [6.07, 6.45) is 2.16. The van der Waals surface area contributed by atoms with Gasteiger partial charge in [-0.05, 0) is 59.1 Å². The lowest BCUT2D eigenvalue weighted by atomic mass is 10.2. The van der Waals surface area contributed by atoms with Crippen LogP contribution in [0.15, 0.2) is 41.0 Å². The van der Waals surface area contributed by atoms with Gasteiger partial charge in [-0.2, -0.15) is 0 Å². The molecule has 118 valence electrons. The Bertz CT molecular complexity index is 746. The van der Waals surface area contributed by atoms with Gasteiger partial charge in [-0.25, -0.2) is 13.4 Å². The molecule has 1 aromatic carbocycles. The van der Waals surface area contributed by atoms with Crippen LogP contribution in [0.3, 0.4) is 0 Å². The van der Waals surface area contributed by atoms with Gasteiger partial charge in [0, 0.05) is 4.47 Å². The van der Waals surface area contributed by atoms with E-state index in [1.54, 1.807) is 18.3 Å². The van der Waals surface area contributed by atoms with Crippen LogP contribution in [-0.2, 0) is 10.0 Å². The van der Waals surface area contributed by atoms with Crippen molar-refractivity contribution in [3.05, 3.63) is 46.6 Å². The highest BCUT2D eigenvalue weighted by molar-refractivity contribution is 9.10. The molecule has 2 aromatic rings. The molecule has 2 rings (SSSR count). The van der Waals surface area contributed by atoms with Crippen LogP contribution in [0.4, 0.5) is 17.2 Å². The van der Waals surface area contributed by atoms with Gasteiger partial charge in [0.05, 0.1) is 23.3 Å². The highest BCUT2D eigenvalue weighted by Crippen LogP contribution is 2.26. The van der Waals surface area contributed by atoms with E-state index in [1.807, 2.05) is 32.0 Å². The van der Waals surface area contributed by atoms with E-state index < -0.39 is 10.0 Å². The second-order valence-corrected chi connectivity index (χ2v) is 7.66. The highest BCUT2D eigenvalue weighted by atomic mass is 79.9. The van der Waals surface area contributed by atoms with Crippen molar-refractivity contribution in [1.82, 2.24) is 4.98 Å². The molecule has 0 unspecified atom stereocenters. The van der Waals surface area contributed by atoms with E-state index in [-0.39, 0.29) is 5.75 Å². The minimum Gasteiger partial charge on any atom is -0.353 e. The summed E-state index contributed by atoms with van der Waals surface area (Å²) in [5.74, 6) is 0.410. The van der Waals surface area contributed by atoms with E-state index in [0.717, 1.165) is 21.4 Å². The molecule has 1 heterocycles. The van der Waals surface area contributed by atoms with Gasteiger partial charge in [-0.1, -0.05) is 13.0 Å². The van der Waals surface area contributed by atoms with Crippen LogP contribution in [0.5, 0.6) is 0 Å². The topological polar surface area (TPSA) is 71.1 Å². The summed E-state index contributed by atoms with van der Waals surface area (Å²) in [5.41, 5.74) is 2.87. The molecule has 2 N–H and O–H groups in total. The number of halogens is 1. The van der Waals surface area contributed by atoms with Gasteiger partial charge in [-0.15, -0.1) is 0 Å². The van der Waals surface area contributed by atoms with E-state index in [9.17, 15) is 8.42 Å². The van der Waals surface area contributed by atoms with Crippen molar-refractivity contribution < 1.29 is 8.42 Å². The lowest BCUT2D eigenvalue weighted by molar-refractivity contribution is 0.599. The van der Waals surface area contributed by atoms with E-state index in [0.29, 0.717) is 12.2 Å². The predicted molar refractivity (Wildman–Crippen MR) is 94.1 cm³/mol. The third-order valence-corrected chi connectivity index (χ3v) is 5.02. The summed E-state index contributed by atoms with van der Waals surface area (Å²) >= 11 is 3.50. The molecule has 7 heteroatoms. The summed E-state index contributed by atoms with van der Waals surface area (Å²) in [7, 11) is -3.31. The van der Waals surface area contributed by atoms with Crippen LogP contribution < -0.4 is 10.0 Å². The Morgan fingerprint density at radius 2 is 2.00 bits per heavy atom. The van der Waals surface area contributed by atoms with Crippen molar-refractivity contribution in [3.8, 4) is 0 Å². The number of aryl methyl sites for hydroxylation is 1. The van der Waals surface area contributed by atoms with Gasteiger partial charge < -0.3 is 5.32 Å². The average Bonchev–Trinajstić information content (AvgIpc) is 2.43. The third-order valence-electron chi connectivity index (χ3n) is 2.90. The zero-order valence-corrected chi connectivity index (χ0v) is 14.8. The van der Waals surface area contributed by atoms with Gasteiger partial charge in [-0.3, -0.25) is 4.72 Å². The number of nitrogens with zero attached hydrogens (tertiary/aromatic N) is 1. The second kappa shape index (κ2) is 7.11. The molecule has 0 aliphatic rings. The van der Waals surface area contributed by atoms with Crippen molar-refractivity contribution in [1.29, 1.82) is 0 Å². The average molecular weight is 384 g/mol. The predicted octanol–water partition coefficient (Wildman–Crippen LogP) is 4.05. The summed E-state index contributed by atoms with van der Waals surface area (Å²) in [6.45, 7) is 3.84. The molecule has 22 heavy (non-hydrogen) atoms. The third kappa shape index (κ3) is 4.71. The zero-order chi connectivity index (χ0) is 16.2. The minimum absolute atomic E-state index is 0.0883. The first-order valence-corrected chi connectivity index (χ1v) is 9.34. The number of sulfonamides is 1. The minimum atomic E-state index is -3.31. The van der Waals surface area contributed by atoms with Crippen molar-refractivity contribution in [2.24, 2.45) is 0 Å². The Kier molecular flexibility index (Phi) is 5.42. The molecular formula is C15H18BrN3O2S. The van der Waals surface area contributed by atoms with Crippen LogP contribution in [-0.4, -0.2) is 19.2 Å². The molecular weight excluding hydrogens is 366 g/mol. The molecule has 5 nitrogen and oxygen atoms in total. The fourth-order valence-corrected chi connectivity index (χ4v) is 3.56. The van der Waals surface area contributed by atoms with Crippen LogP contribution in [0.2, 0.25) is 0 Å². The molecule has 0 atom stereocenters. The normalized spacial score (nSPS) is 11.2. The van der Waals surface area contributed by atoms with Gasteiger partial charge in [0.1, 0.15) is 5.82 Å². The van der Waals surface area contributed by atoms with Gasteiger partial charge in [0.2, 0.25) is 10.0 Å². The molecule has 0 aliphatic carbocycles. The van der Waals surface area contributed by atoms with E-state index in [2.05, 4.69) is 31.0 Å². The van der Waals surface area contributed by atoms with Crippen LogP contribution >= 0.6 is 15.9 Å². The van der Waals surface area contributed by atoms with Gasteiger partial charge in [0.15, 0.2) is 0 Å². The van der Waals surface area contributed by atoms with E-state index in [1.165, 1.54) is 0 Å². The van der Waals surface area contributed by atoms with Crippen LogP contribution in [0.25, 0.3) is 0 Å². The summed E-state index contributed by atoms with van der Waals surface area (Å²) in [4.78, 5) is 4.12. The largest absolute Gasteiger partial charge is 0.353 e. The highest BCUT2D eigenvalue weighted by Gasteiger charge is 2.09. The molecule has 0 fully saturated rings. The molecule has 0 radical (unpaired) electrons. The molecule has 0 saturated carbocycles. The fraction of sp³-hybridized carbons (Fsp3) is 0.267. The lowest BCUT2D eigenvalue weighted by Gasteiger charge is -2.10. The molecule has 0 amide bonds. The maximum atomic E-state index is 11.7. The monoisotopic (exact) mass is 383 g/mol. The molecule has 1 aromatic heterocycles. The zero-order valence-electron chi connectivity index (χ0n) is 12.4. The number of hydrogen-bond donors (Lipinski definition) is 2. The van der Waals surface area contributed by atoms with Gasteiger partial charge >= 0.3 is 0 Å². The first-order valence-electron chi connectivity index (χ1n) is 6.89. The van der Waals surface area contributed by atoms with Crippen molar-refractivity contribution in [2.45, 2.75) is 20.3 Å². The van der Waals surface area contributed by atoms with E-state index in [4.69, 9.17) is 0 Å². The van der Waals surface area contributed by atoms with Gasteiger partial charge in [0.25, 0.3) is 0 Å². The molecule has 0 aliphatic heterocycles. The van der Waals surface area contributed by atoms with Crippen molar-refractivity contribution >= 4 is 43.1 Å².